The van der Waals surface area contributed by atoms with Crippen LogP contribution < -0.4 is 14.4 Å². The van der Waals surface area contributed by atoms with Crippen LogP contribution in [0.4, 0.5) is 5.69 Å². The number of esters is 2. The fourth-order valence-electron chi connectivity index (χ4n) is 4.93. The summed E-state index contributed by atoms with van der Waals surface area (Å²) in [7, 11) is 2.94. The van der Waals surface area contributed by atoms with E-state index >= 15 is 0 Å². The Labute approximate surface area is 231 Å². The average Bonchev–Trinajstić information content (AvgIpc) is 3.28. The van der Waals surface area contributed by atoms with E-state index in [1.807, 2.05) is 4.90 Å². The molecule has 0 aromatic heterocycles. The van der Waals surface area contributed by atoms with Crippen LogP contribution >= 0.6 is 0 Å². The van der Waals surface area contributed by atoms with Crippen LogP contribution in [-0.4, -0.2) is 81.0 Å². The Morgan fingerprint density at radius 3 is 2.15 bits per heavy atom. The summed E-state index contributed by atoms with van der Waals surface area (Å²) in [4.78, 5) is 66.1. The van der Waals surface area contributed by atoms with Crippen LogP contribution in [0.1, 0.15) is 46.9 Å². The highest BCUT2D eigenvalue weighted by Crippen LogP contribution is 2.30. The Hall–Kier alpha value is -4.25. The summed E-state index contributed by atoms with van der Waals surface area (Å²) >= 11 is 0. The monoisotopic (exact) mass is 552 g/mol. The molecule has 0 N–H and O–H groups in total. The highest BCUT2D eigenvalue weighted by Gasteiger charge is 2.44. The molecule has 2 aromatic carbocycles. The summed E-state index contributed by atoms with van der Waals surface area (Å²) in [5.74, 6) is -1.38. The van der Waals surface area contributed by atoms with E-state index in [1.165, 1.54) is 44.6 Å². The number of anilines is 1. The van der Waals surface area contributed by atoms with Gasteiger partial charge in [0, 0.05) is 5.56 Å². The predicted molar refractivity (Wildman–Crippen MR) is 142 cm³/mol. The van der Waals surface area contributed by atoms with Crippen LogP contribution in [0.5, 0.6) is 11.5 Å². The van der Waals surface area contributed by atoms with E-state index in [0.717, 1.165) is 4.90 Å². The van der Waals surface area contributed by atoms with Crippen molar-refractivity contribution < 1.29 is 42.9 Å². The molecule has 1 unspecified atom stereocenters. The number of ketones is 1. The number of hydrogen-bond acceptors (Lipinski definition) is 10. The number of rotatable bonds is 10. The lowest BCUT2D eigenvalue weighted by molar-refractivity contribution is -0.149. The van der Waals surface area contributed by atoms with E-state index in [1.54, 1.807) is 19.1 Å². The molecule has 2 aliphatic rings. The first kappa shape index (κ1) is 28.8. The maximum Gasteiger partial charge on any atom is 0.338 e. The smallest absolute Gasteiger partial charge is 0.338 e. The zero-order valence-corrected chi connectivity index (χ0v) is 22.7. The quantitative estimate of drug-likeness (QED) is 0.246. The zero-order chi connectivity index (χ0) is 28.8. The van der Waals surface area contributed by atoms with Crippen molar-refractivity contribution in [2.24, 2.45) is 5.92 Å². The third-order valence-corrected chi connectivity index (χ3v) is 7.11. The molecule has 2 amide bonds. The normalized spacial score (nSPS) is 18.0. The van der Waals surface area contributed by atoms with Gasteiger partial charge in [0.25, 0.3) is 5.91 Å². The van der Waals surface area contributed by atoms with Crippen LogP contribution in [0.3, 0.4) is 0 Å². The molecule has 1 atom stereocenters. The first-order valence-corrected chi connectivity index (χ1v) is 13.1. The number of piperidine rings is 1. The second-order valence-electron chi connectivity index (χ2n) is 9.47. The number of imide groups is 1. The van der Waals surface area contributed by atoms with Crippen molar-refractivity contribution in [3.8, 4) is 11.5 Å². The number of carbonyl (C=O) groups excluding carboxylic acids is 5. The summed E-state index contributed by atoms with van der Waals surface area (Å²) in [5.41, 5.74) is 0.809. The molecule has 2 aliphatic heterocycles. The van der Waals surface area contributed by atoms with Crippen molar-refractivity contribution in [1.29, 1.82) is 0 Å². The summed E-state index contributed by atoms with van der Waals surface area (Å²) in [5, 5.41) is 0. The van der Waals surface area contributed by atoms with Crippen molar-refractivity contribution in [3.63, 3.8) is 0 Å². The lowest BCUT2D eigenvalue weighted by Crippen LogP contribution is -2.47. The van der Waals surface area contributed by atoms with Gasteiger partial charge in [0.05, 0.1) is 50.5 Å². The largest absolute Gasteiger partial charge is 0.493 e. The maximum atomic E-state index is 13.2. The van der Waals surface area contributed by atoms with Gasteiger partial charge < -0.3 is 18.9 Å². The third-order valence-electron chi connectivity index (χ3n) is 7.11. The summed E-state index contributed by atoms with van der Waals surface area (Å²) in [6, 6.07) is 9.92. The minimum atomic E-state index is -0.721. The van der Waals surface area contributed by atoms with E-state index in [2.05, 4.69) is 0 Å². The second kappa shape index (κ2) is 12.7. The van der Waals surface area contributed by atoms with Gasteiger partial charge >= 0.3 is 11.9 Å². The maximum absolute atomic E-state index is 13.2. The molecule has 2 fully saturated rings. The molecule has 2 aromatic rings. The Bertz CT molecular complexity index is 1280. The molecule has 0 spiro atoms. The van der Waals surface area contributed by atoms with Gasteiger partial charge in [-0.15, -0.1) is 0 Å². The van der Waals surface area contributed by atoms with Crippen molar-refractivity contribution in [3.05, 3.63) is 53.6 Å². The molecular weight excluding hydrogens is 520 g/mol. The lowest BCUT2D eigenvalue weighted by atomic mass is 9.95. The summed E-state index contributed by atoms with van der Waals surface area (Å²) in [6.07, 6.45) is 1.19. The Balaban J connectivity index is 1.33. The summed E-state index contributed by atoms with van der Waals surface area (Å²) < 4.78 is 20.6. The van der Waals surface area contributed by atoms with E-state index in [0.29, 0.717) is 55.3 Å². The van der Waals surface area contributed by atoms with E-state index in [9.17, 15) is 24.0 Å². The SMILES string of the molecule is CCOC(=O)C1CCN(C2CC(=O)N(c3ccc(C(=O)OCC(=O)c4ccc(OC)c(OC)c4)cc3)C2=O)CC1. The molecule has 2 heterocycles. The lowest BCUT2D eigenvalue weighted by Gasteiger charge is -2.33. The van der Waals surface area contributed by atoms with E-state index < -0.39 is 24.4 Å². The van der Waals surface area contributed by atoms with E-state index in [-0.39, 0.29) is 35.7 Å². The first-order valence-electron chi connectivity index (χ1n) is 13.1. The fourth-order valence-corrected chi connectivity index (χ4v) is 4.93. The number of Topliss-reactive ketones (excluding diaryl/α,β-unsaturated/α-hetero) is 1. The van der Waals surface area contributed by atoms with Gasteiger partial charge in [0.2, 0.25) is 5.91 Å². The van der Waals surface area contributed by atoms with Gasteiger partial charge in [0.15, 0.2) is 23.9 Å². The predicted octanol–water partition coefficient (Wildman–Crippen LogP) is 2.65. The van der Waals surface area contributed by atoms with Gasteiger partial charge in [-0.25, -0.2) is 9.69 Å². The van der Waals surface area contributed by atoms with Crippen molar-refractivity contribution in [1.82, 2.24) is 4.90 Å². The number of benzene rings is 2. The van der Waals surface area contributed by atoms with Gasteiger partial charge in [-0.1, -0.05) is 0 Å². The molecule has 2 saturated heterocycles. The summed E-state index contributed by atoms with van der Waals surface area (Å²) in [6.45, 7) is 2.66. The topological polar surface area (TPSA) is 129 Å². The molecule has 4 rings (SSSR count). The minimum absolute atomic E-state index is 0.0466. The molecule has 11 heteroatoms. The first-order chi connectivity index (χ1) is 19.3. The fraction of sp³-hybridized carbons (Fsp3) is 0.414. The van der Waals surface area contributed by atoms with Crippen LogP contribution in [0.15, 0.2) is 42.5 Å². The Kier molecular flexibility index (Phi) is 9.15. The average molecular weight is 553 g/mol. The van der Waals surface area contributed by atoms with Crippen LogP contribution in [0.25, 0.3) is 0 Å². The standard InChI is InChI=1S/C29H32N2O9/c1-4-39-28(35)19-11-13-30(14-12-19)22-16-26(33)31(27(22)34)21-8-5-18(6-9-21)29(36)40-17-23(32)20-7-10-24(37-2)25(15-20)38-3/h5-10,15,19,22H,4,11-14,16-17H2,1-3H3. The minimum Gasteiger partial charge on any atom is -0.493 e. The molecule has 0 bridgehead atoms. The number of nitrogens with zero attached hydrogens (tertiary/aromatic N) is 2. The third kappa shape index (κ3) is 6.15. The molecule has 11 nitrogen and oxygen atoms in total. The van der Waals surface area contributed by atoms with Gasteiger partial charge in [-0.2, -0.15) is 0 Å². The Morgan fingerprint density at radius 2 is 1.52 bits per heavy atom. The molecule has 0 saturated carbocycles. The van der Waals surface area contributed by atoms with E-state index in [4.69, 9.17) is 18.9 Å². The number of hydrogen-bond donors (Lipinski definition) is 0. The van der Waals surface area contributed by atoms with Crippen LogP contribution in [0.2, 0.25) is 0 Å². The van der Waals surface area contributed by atoms with Gasteiger partial charge in [0.1, 0.15) is 0 Å². The molecule has 0 radical (unpaired) electrons. The van der Waals surface area contributed by atoms with Crippen LogP contribution in [-0.2, 0) is 23.9 Å². The van der Waals surface area contributed by atoms with Crippen molar-refractivity contribution >= 4 is 35.2 Å². The Morgan fingerprint density at radius 1 is 0.875 bits per heavy atom. The number of amides is 2. The van der Waals surface area contributed by atoms with Crippen molar-refractivity contribution in [2.75, 3.05) is 45.4 Å². The van der Waals surface area contributed by atoms with Crippen molar-refractivity contribution in [2.45, 2.75) is 32.2 Å². The second-order valence-corrected chi connectivity index (χ2v) is 9.47. The number of ether oxygens (including phenoxy) is 4. The molecular formula is C29H32N2O9. The van der Waals surface area contributed by atoms with Gasteiger partial charge in [-0.05, 0) is 75.3 Å². The van der Waals surface area contributed by atoms with Crippen LogP contribution in [0, 0.1) is 5.92 Å². The zero-order valence-electron chi connectivity index (χ0n) is 22.7. The number of methoxy groups -OCH3 is 2. The van der Waals surface area contributed by atoms with Gasteiger partial charge in [-0.3, -0.25) is 24.1 Å². The number of carbonyl (C=O) groups is 5. The highest BCUT2D eigenvalue weighted by atomic mass is 16.5. The molecule has 0 aliphatic carbocycles. The molecule has 212 valence electrons. The number of likely N-dealkylation sites (tertiary alicyclic amines) is 1. The highest BCUT2D eigenvalue weighted by molar-refractivity contribution is 6.22. The molecule has 40 heavy (non-hydrogen) atoms.